The molecule has 0 bridgehead atoms. The second kappa shape index (κ2) is 13.2. The number of aromatic nitrogens is 1. The van der Waals surface area contributed by atoms with Crippen molar-refractivity contribution in [3.8, 4) is 11.8 Å². The van der Waals surface area contributed by atoms with E-state index in [-0.39, 0.29) is 42.3 Å². The van der Waals surface area contributed by atoms with Crippen molar-refractivity contribution in [2.24, 2.45) is 11.7 Å². The molecular weight excluding hydrogens is 446 g/mol. The van der Waals surface area contributed by atoms with Gasteiger partial charge in [0.05, 0.1) is 18.1 Å². The molecule has 3 N–H and O–H groups in total. The number of pyridine rings is 1. The highest BCUT2D eigenvalue weighted by Gasteiger charge is 2.31. The standard InChI is InChI=1S/C12H16N2O2.C11H9F2NO.CH3NO/c1-8-7-10(5-6-13-8)14-12(15)11-4-3-9(2)16-11;12-9-2-1-3-10(11(9)13)15-8-4-7(5-8)6-14;2-1-3/h5-7,9,11H,3-4H2,1-2H3,(H,13,14,15);1-3,7-8H,4-5H2;1H,(H2,2,3). The van der Waals surface area contributed by atoms with E-state index < -0.39 is 11.6 Å². The van der Waals surface area contributed by atoms with Crippen molar-refractivity contribution in [3.63, 3.8) is 0 Å². The molecule has 2 fully saturated rings. The molecule has 1 aromatic carbocycles. The van der Waals surface area contributed by atoms with Crippen LogP contribution in [0.3, 0.4) is 0 Å². The molecule has 2 aliphatic rings. The number of hydrogen-bond donors (Lipinski definition) is 2. The summed E-state index contributed by atoms with van der Waals surface area (Å²) in [6, 6.07) is 9.55. The minimum atomic E-state index is -0.960. The van der Waals surface area contributed by atoms with Gasteiger partial charge in [0.1, 0.15) is 12.2 Å². The summed E-state index contributed by atoms with van der Waals surface area (Å²) in [5.41, 5.74) is 5.83. The normalized spacial score (nSPS) is 22.4. The molecule has 10 heteroatoms. The average Bonchev–Trinajstić information content (AvgIpc) is 3.21. The van der Waals surface area contributed by atoms with Crippen LogP contribution in [0, 0.1) is 35.8 Å². The Balaban J connectivity index is 0.000000216. The van der Waals surface area contributed by atoms with Crippen molar-refractivity contribution in [3.05, 3.63) is 53.9 Å². The summed E-state index contributed by atoms with van der Waals surface area (Å²) in [4.78, 5) is 24.5. The van der Waals surface area contributed by atoms with Crippen molar-refractivity contribution in [2.45, 2.75) is 57.8 Å². The Bertz CT molecular complexity index is 1010. The molecule has 1 aliphatic heterocycles. The lowest BCUT2D eigenvalue weighted by molar-refractivity contribution is -0.126. The van der Waals surface area contributed by atoms with E-state index in [0.717, 1.165) is 30.3 Å². The van der Waals surface area contributed by atoms with Crippen molar-refractivity contribution >= 4 is 18.0 Å². The molecule has 34 heavy (non-hydrogen) atoms. The molecule has 2 unspecified atom stereocenters. The Morgan fingerprint density at radius 1 is 1.32 bits per heavy atom. The van der Waals surface area contributed by atoms with Crippen molar-refractivity contribution < 1.29 is 27.8 Å². The SMILES string of the molecule is Cc1cc(NC(=O)C2CCC(C)O2)ccn1.N#CC1CC(Oc2cccc(F)c2F)C1.NC=O. The first-order chi connectivity index (χ1) is 16.3. The first-order valence-electron chi connectivity index (χ1n) is 10.8. The molecule has 0 spiro atoms. The smallest absolute Gasteiger partial charge is 0.253 e. The Hall–Kier alpha value is -3.58. The van der Waals surface area contributed by atoms with Gasteiger partial charge in [-0.3, -0.25) is 14.6 Å². The van der Waals surface area contributed by atoms with Gasteiger partial charge in [-0.2, -0.15) is 9.65 Å². The third kappa shape index (κ3) is 8.08. The summed E-state index contributed by atoms with van der Waals surface area (Å²) in [5, 5.41) is 11.4. The Labute approximate surface area is 197 Å². The minimum absolute atomic E-state index is 0.00776. The van der Waals surface area contributed by atoms with Gasteiger partial charge in [-0.25, -0.2) is 4.39 Å². The number of carbonyl (C=O) groups excluding carboxylic acids is 2. The topological polar surface area (TPSA) is 127 Å². The molecule has 2 amide bonds. The molecule has 1 saturated heterocycles. The van der Waals surface area contributed by atoms with Gasteiger partial charge < -0.3 is 20.5 Å². The summed E-state index contributed by atoms with van der Waals surface area (Å²) in [7, 11) is 0. The summed E-state index contributed by atoms with van der Waals surface area (Å²) in [6.07, 6.45) is 4.59. The number of nitrogens with one attached hydrogen (secondary N) is 1. The van der Waals surface area contributed by atoms with Gasteiger partial charge in [0, 0.05) is 30.4 Å². The second-order valence-corrected chi connectivity index (χ2v) is 7.91. The zero-order chi connectivity index (χ0) is 25.1. The third-order valence-electron chi connectivity index (χ3n) is 5.18. The van der Waals surface area contributed by atoms with Crippen LogP contribution in [-0.4, -0.2) is 35.6 Å². The molecule has 2 heterocycles. The van der Waals surface area contributed by atoms with Gasteiger partial charge in [-0.1, -0.05) is 6.07 Å². The maximum absolute atomic E-state index is 13.1. The van der Waals surface area contributed by atoms with E-state index in [1.54, 1.807) is 12.3 Å². The molecule has 1 aromatic heterocycles. The third-order valence-corrected chi connectivity index (χ3v) is 5.18. The van der Waals surface area contributed by atoms with Crippen LogP contribution in [-0.2, 0) is 14.3 Å². The number of hydrogen-bond acceptors (Lipinski definition) is 6. The van der Waals surface area contributed by atoms with E-state index in [9.17, 15) is 13.6 Å². The largest absolute Gasteiger partial charge is 0.487 e. The predicted molar refractivity (Wildman–Crippen MR) is 121 cm³/mol. The molecule has 2 atom stereocenters. The number of amides is 2. The van der Waals surface area contributed by atoms with Crippen LogP contribution in [0.1, 0.15) is 38.3 Å². The van der Waals surface area contributed by atoms with E-state index in [1.807, 2.05) is 19.9 Å². The van der Waals surface area contributed by atoms with Crippen LogP contribution in [0.2, 0.25) is 0 Å². The molecule has 1 saturated carbocycles. The van der Waals surface area contributed by atoms with Crippen LogP contribution in [0.5, 0.6) is 5.75 Å². The lowest BCUT2D eigenvalue weighted by atomic mass is 9.83. The van der Waals surface area contributed by atoms with Gasteiger partial charge in [0.2, 0.25) is 12.2 Å². The Morgan fingerprint density at radius 2 is 2.03 bits per heavy atom. The van der Waals surface area contributed by atoms with Crippen molar-refractivity contribution in [1.82, 2.24) is 4.98 Å². The number of nitrogens with two attached hydrogens (primary N) is 1. The Morgan fingerprint density at radius 3 is 2.62 bits per heavy atom. The van der Waals surface area contributed by atoms with E-state index >= 15 is 0 Å². The highest BCUT2D eigenvalue weighted by molar-refractivity contribution is 5.94. The van der Waals surface area contributed by atoms with Crippen LogP contribution in [0.4, 0.5) is 14.5 Å². The van der Waals surface area contributed by atoms with Crippen LogP contribution < -0.4 is 15.8 Å². The molecule has 2 aromatic rings. The van der Waals surface area contributed by atoms with E-state index in [2.05, 4.69) is 22.1 Å². The first kappa shape index (κ1) is 26.7. The molecule has 1 aliphatic carbocycles. The number of nitriles is 1. The van der Waals surface area contributed by atoms with E-state index in [4.69, 9.17) is 19.5 Å². The first-order valence-corrected chi connectivity index (χ1v) is 10.8. The van der Waals surface area contributed by atoms with Gasteiger partial charge >= 0.3 is 0 Å². The van der Waals surface area contributed by atoms with Crippen molar-refractivity contribution in [1.29, 1.82) is 5.26 Å². The zero-order valence-electron chi connectivity index (χ0n) is 19.0. The summed E-state index contributed by atoms with van der Waals surface area (Å²) >= 11 is 0. The fourth-order valence-corrected chi connectivity index (χ4v) is 3.36. The van der Waals surface area contributed by atoms with Crippen LogP contribution in [0.25, 0.3) is 0 Å². The number of carbonyl (C=O) groups is 2. The number of ether oxygens (including phenoxy) is 2. The van der Waals surface area contributed by atoms with E-state index in [0.29, 0.717) is 12.8 Å². The van der Waals surface area contributed by atoms with Crippen LogP contribution >= 0.6 is 0 Å². The number of nitrogens with zero attached hydrogens (tertiary/aromatic N) is 2. The van der Waals surface area contributed by atoms with Gasteiger partial charge in [0.25, 0.3) is 5.91 Å². The molecule has 182 valence electrons. The number of benzene rings is 1. The molecular formula is C24H28F2N4O4. The quantitative estimate of drug-likeness (QED) is 0.651. The number of primary amides is 1. The highest BCUT2D eigenvalue weighted by atomic mass is 19.2. The Kier molecular flexibility index (Phi) is 10.4. The molecule has 0 radical (unpaired) electrons. The fourth-order valence-electron chi connectivity index (χ4n) is 3.36. The number of anilines is 1. The van der Waals surface area contributed by atoms with Gasteiger partial charge in [0.15, 0.2) is 11.6 Å². The lowest BCUT2D eigenvalue weighted by Crippen LogP contribution is -2.33. The zero-order valence-corrected chi connectivity index (χ0v) is 19.0. The molecule has 8 nitrogen and oxygen atoms in total. The molecule has 4 rings (SSSR count). The number of aryl methyl sites for hydroxylation is 1. The summed E-state index contributed by atoms with van der Waals surface area (Å²) < 4.78 is 36.6. The fraction of sp³-hybridized carbons (Fsp3) is 0.417. The maximum Gasteiger partial charge on any atom is 0.253 e. The lowest BCUT2D eigenvalue weighted by Gasteiger charge is -2.30. The average molecular weight is 475 g/mol. The van der Waals surface area contributed by atoms with Gasteiger partial charge in [-0.15, -0.1) is 0 Å². The minimum Gasteiger partial charge on any atom is -0.487 e. The maximum atomic E-state index is 13.1. The monoisotopic (exact) mass is 474 g/mol. The van der Waals surface area contributed by atoms with Crippen molar-refractivity contribution in [2.75, 3.05) is 5.32 Å². The summed E-state index contributed by atoms with van der Waals surface area (Å²) in [6.45, 7) is 3.88. The number of halogens is 2. The number of rotatable bonds is 4. The van der Waals surface area contributed by atoms with E-state index in [1.165, 1.54) is 12.1 Å². The second-order valence-electron chi connectivity index (χ2n) is 7.91. The highest BCUT2D eigenvalue weighted by Crippen LogP contribution is 2.32. The summed E-state index contributed by atoms with van der Waals surface area (Å²) in [5.74, 6) is -2.01. The predicted octanol–water partition coefficient (Wildman–Crippen LogP) is 3.64. The van der Waals surface area contributed by atoms with Gasteiger partial charge in [-0.05, 0) is 51.0 Å². The van der Waals surface area contributed by atoms with Crippen LogP contribution in [0.15, 0.2) is 36.5 Å².